The fourth-order valence-corrected chi connectivity index (χ4v) is 3.07. The van der Waals surface area contributed by atoms with Gasteiger partial charge in [0.25, 0.3) is 0 Å². The van der Waals surface area contributed by atoms with E-state index < -0.39 is 0 Å². The van der Waals surface area contributed by atoms with Crippen molar-refractivity contribution in [3.05, 3.63) is 35.9 Å². The molecule has 2 unspecified atom stereocenters. The lowest BCUT2D eigenvalue weighted by Crippen LogP contribution is -2.47. The Balaban J connectivity index is 2.24. The monoisotopic (exact) mass is 276 g/mol. The molecule has 0 saturated carbocycles. The second kappa shape index (κ2) is 7.41. The summed E-state index contributed by atoms with van der Waals surface area (Å²) in [6.45, 7) is 1.54. The summed E-state index contributed by atoms with van der Waals surface area (Å²) in [5.74, 6) is -0.123. The topological polar surface area (TPSA) is 55.6 Å². The van der Waals surface area contributed by atoms with Gasteiger partial charge in [-0.05, 0) is 37.9 Å². The summed E-state index contributed by atoms with van der Waals surface area (Å²) in [6, 6.07) is 10.4. The van der Waals surface area contributed by atoms with E-state index in [1.807, 2.05) is 18.2 Å². The molecule has 2 atom stereocenters. The first kappa shape index (κ1) is 15.0. The molecule has 1 aliphatic heterocycles. The predicted molar refractivity (Wildman–Crippen MR) is 79.2 cm³/mol. The second-order valence-corrected chi connectivity index (χ2v) is 5.28. The number of methoxy groups -OCH3 is 1. The minimum absolute atomic E-state index is 0.123. The number of carbonyl (C=O) groups is 1. The summed E-state index contributed by atoms with van der Waals surface area (Å²) in [5.41, 5.74) is 7.01. The van der Waals surface area contributed by atoms with Crippen molar-refractivity contribution < 1.29 is 9.53 Å². The molecule has 1 aromatic rings. The molecule has 20 heavy (non-hydrogen) atoms. The number of rotatable bonds is 5. The number of benzene rings is 1. The number of carbonyl (C=O) groups excluding carboxylic acids is 1. The Kier molecular flexibility index (Phi) is 5.56. The molecule has 0 bridgehead atoms. The van der Waals surface area contributed by atoms with Crippen molar-refractivity contribution in [2.45, 2.75) is 37.8 Å². The normalized spacial score (nSPS) is 21.4. The van der Waals surface area contributed by atoms with Crippen molar-refractivity contribution in [3.63, 3.8) is 0 Å². The molecular formula is C16H24N2O2. The van der Waals surface area contributed by atoms with E-state index in [1.54, 1.807) is 0 Å². The van der Waals surface area contributed by atoms with Crippen LogP contribution in [0.5, 0.6) is 0 Å². The first-order valence-electron chi connectivity index (χ1n) is 7.36. The molecule has 1 heterocycles. The summed E-state index contributed by atoms with van der Waals surface area (Å²) < 4.78 is 4.97. The van der Waals surface area contributed by atoms with Crippen molar-refractivity contribution in [3.8, 4) is 0 Å². The van der Waals surface area contributed by atoms with E-state index in [4.69, 9.17) is 10.5 Å². The molecule has 4 heteroatoms. The highest BCUT2D eigenvalue weighted by Gasteiger charge is 2.34. The van der Waals surface area contributed by atoms with E-state index in [0.717, 1.165) is 32.2 Å². The van der Waals surface area contributed by atoms with Gasteiger partial charge in [-0.25, -0.2) is 0 Å². The SMILES string of the molecule is COC(=O)C1CCCCN1C(CCN)c1ccccc1. The summed E-state index contributed by atoms with van der Waals surface area (Å²) in [5, 5.41) is 0. The maximum Gasteiger partial charge on any atom is 0.323 e. The lowest BCUT2D eigenvalue weighted by atomic mass is 9.94. The van der Waals surface area contributed by atoms with Crippen molar-refractivity contribution in [2.24, 2.45) is 5.73 Å². The van der Waals surface area contributed by atoms with Crippen LogP contribution in [0.1, 0.15) is 37.3 Å². The molecule has 0 amide bonds. The number of esters is 1. The molecule has 1 aliphatic rings. The average molecular weight is 276 g/mol. The summed E-state index contributed by atoms with van der Waals surface area (Å²) in [4.78, 5) is 14.3. The van der Waals surface area contributed by atoms with Crippen LogP contribution in [0.15, 0.2) is 30.3 Å². The molecule has 0 aromatic heterocycles. The minimum atomic E-state index is -0.134. The highest BCUT2D eigenvalue weighted by molar-refractivity contribution is 5.75. The fraction of sp³-hybridized carbons (Fsp3) is 0.562. The molecule has 2 N–H and O–H groups in total. The van der Waals surface area contributed by atoms with Crippen LogP contribution in [0, 0.1) is 0 Å². The fourth-order valence-electron chi connectivity index (χ4n) is 3.07. The van der Waals surface area contributed by atoms with Gasteiger partial charge in [0.2, 0.25) is 0 Å². The van der Waals surface area contributed by atoms with Crippen LogP contribution in [-0.2, 0) is 9.53 Å². The number of nitrogens with zero attached hydrogens (tertiary/aromatic N) is 1. The van der Waals surface area contributed by atoms with E-state index in [1.165, 1.54) is 12.7 Å². The zero-order valence-corrected chi connectivity index (χ0v) is 12.1. The molecule has 1 saturated heterocycles. The van der Waals surface area contributed by atoms with Gasteiger partial charge in [-0.1, -0.05) is 36.8 Å². The van der Waals surface area contributed by atoms with Crippen LogP contribution in [-0.4, -0.2) is 37.1 Å². The van der Waals surface area contributed by atoms with Gasteiger partial charge in [0, 0.05) is 6.04 Å². The first-order chi connectivity index (χ1) is 9.77. The first-order valence-corrected chi connectivity index (χ1v) is 7.36. The van der Waals surface area contributed by atoms with Crippen LogP contribution < -0.4 is 5.73 Å². The minimum Gasteiger partial charge on any atom is -0.468 e. The van der Waals surface area contributed by atoms with Gasteiger partial charge in [0.05, 0.1) is 7.11 Å². The predicted octanol–water partition coefficient (Wildman–Crippen LogP) is 2.10. The van der Waals surface area contributed by atoms with Gasteiger partial charge in [0.15, 0.2) is 0 Å². The third-order valence-corrected chi connectivity index (χ3v) is 4.04. The van der Waals surface area contributed by atoms with E-state index in [-0.39, 0.29) is 18.1 Å². The molecule has 1 fully saturated rings. The van der Waals surface area contributed by atoms with E-state index in [0.29, 0.717) is 6.54 Å². The van der Waals surface area contributed by atoms with E-state index >= 15 is 0 Å². The smallest absolute Gasteiger partial charge is 0.323 e. The van der Waals surface area contributed by atoms with Crippen LogP contribution in [0.25, 0.3) is 0 Å². The van der Waals surface area contributed by atoms with Crippen molar-refractivity contribution in [2.75, 3.05) is 20.2 Å². The van der Waals surface area contributed by atoms with Crippen LogP contribution in [0.4, 0.5) is 0 Å². The Bertz CT molecular complexity index is 422. The quantitative estimate of drug-likeness (QED) is 0.837. The highest BCUT2D eigenvalue weighted by Crippen LogP contribution is 2.31. The van der Waals surface area contributed by atoms with Crippen LogP contribution >= 0.6 is 0 Å². The lowest BCUT2D eigenvalue weighted by Gasteiger charge is -2.40. The number of ether oxygens (including phenoxy) is 1. The van der Waals surface area contributed by atoms with Gasteiger partial charge in [0.1, 0.15) is 6.04 Å². The van der Waals surface area contributed by atoms with Crippen LogP contribution in [0.2, 0.25) is 0 Å². The average Bonchev–Trinajstić information content (AvgIpc) is 2.53. The summed E-state index contributed by atoms with van der Waals surface area (Å²) in [6.07, 6.45) is 3.94. The second-order valence-electron chi connectivity index (χ2n) is 5.28. The van der Waals surface area contributed by atoms with E-state index in [2.05, 4.69) is 17.0 Å². The Labute approximate surface area is 120 Å². The Hall–Kier alpha value is -1.39. The summed E-state index contributed by atoms with van der Waals surface area (Å²) >= 11 is 0. The lowest BCUT2D eigenvalue weighted by molar-refractivity contribution is -0.149. The zero-order valence-electron chi connectivity index (χ0n) is 12.1. The maximum atomic E-state index is 12.0. The molecule has 0 spiro atoms. The van der Waals surface area contributed by atoms with Crippen molar-refractivity contribution in [1.29, 1.82) is 0 Å². The van der Waals surface area contributed by atoms with Gasteiger partial charge in [-0.2, -0.15) is 0 Å². The highest BCUT2D eigenvalue weighted by atomic mass is 16.5. The maximum absolute atomic E-state index is 12.0. The van der Waals surface area contributed by atoms with Crippen LogP contribution in [0.3, 0.4) is 0 Å². The molecular weight excluding hydrogens is 252 g/mol. The molecule has 0 aliphatic carbocycles. The third-order valence-electron chi connectivity index (χ3n) is 4.04. The number of likely N-dealkylation sites (tertiary alicyclic amines) is 1. The Morgan fingerprint density at radius 2 is 2.15 bits per heavy atom. The van der Waals surface area contributed by atoms with Crippen molar-refractivity contribution >= 4 is 5.97 Å². The Morgan fingerprint density at radius 3 is 2.80 bits per heavy atom. The van der Waals surface area contributed by atoms with Gasteiger partial charge in [-0.3, -0.25) is 9.69 Å². The molecule has 1 aromatic carbocycles. The number of hydrogen-bond acceptors (Lipinski definition) is 4. The molecule has 110 valence electrons. The number of piperidine rings is 1. The molecule has 4 nitrogen and oxygen atoms in total. The van der Waals surface area contributed by atoms with Gasteiger partial charge >= 0.3 is 5.97 Å². The van der Waals surface area contributed by atoms with Gasteiger partial charge < -0.3 is 10.5 Å². The van der Waals surface area contributed by atoms with E-state index in [9.17, 15) is 4.79 Å². The standard InChI is InChI=1S/C16H24N2O2/c1-20-16(19)15-9-5-6-12-18(15)14(10-11-17)13-7-3-2-4-8-13/h2-4,7-8,14-15H,5-6,9-12,17H2,1H3. The zero-order chi connectivity index (χ0) is 14.4. The Morgan fingerprint density at radius 1 is 1.40 bits per heavy atom. The largest absolute Gasteiger partial charge is 0.468 e. The number of hydrogen-bond donors (Lipinski definition) is 1. The molecule has 0 radical (unpaired) electrons. The molecule has 2 rings (SSSR count). The number of nitrogens with two attached hydrogens (primary N) is 1. The third kappa shape index (κ3) is 3.38. The summed E-state index contributed by atoms with van der Waals surface area (Å²) in [7, 11) is 1.47. The van der Waals surface area contributed by atoms with Gasteiger partial charge in [-0.15, -0.1) is 0 Å². The van der Waals surface area contributed by atoms with Crippen molar-refractivity contribution in [1.82, 2.24) is 4.90 Å².